The van der Waals surface area contributed by atoms with E-state index in [0.29, 0.717) is 10.7 Å². The van der Waals surface area contributed by atoms with E-state index in [0.717, 1.165) is 48.2 Å². The lowest BCUT2D eigenvalue weighted by molar-refractivity contribution is 0.0953. The molecule has 0 bridgehead atoms. The molecule has 4 aromatic heterocycles. The van der Waals surface area contributed by atoms with E-state index in [1.54, 1.807) is 39.8 Å². The summed E-state index contributed by atoms with van der Waals surface area (Å²) >= 11 is 4.73. The molecule has 29 heavy (non-hydrogen) atoms. The standard InChI is InChI=1S/C19H19N5O2S3/c1-12-7-13(10-28-12)17-21-22-19(24(17)9-15-3-2-5-26-15)29-11-14-8-16(25)23-4-6-27-18(23)20-14/h4,6-8,10,15H,2-3,5,9,11H2,1H3. The topological polar surface area (TPSA) is 74.3 Å². The Kier molecular flexibility index (Phi) is 5.25. The molecular formula is C19H19N5O2S3. The predicted molar refractivity (Wildman–Crippen MR) is 116 cm³/mol. The highest BCUT2D eigenvalue weighted by atomic mass is 32.2. The van der Waals surface area contributed by atoms with Crippen LogP contribution in [0.3, 0.4) is 0 Å². The van der Waals surface area contributed by atoms with Crippen LogP contribution in [0.25, 0.3) is 16.3 Å². The normalized spacial score (nSPS) is 16.8. The van der Waals surface area contributed by atoms with Crippen LogP contribution in [0.5, 0.6) is 0 Å². The van der Waals surface area contributed by atoms with Gasteiger partial charge in [0.05, 0.1) is 18.3 Å². The average molecular weight is 446 g/mol. The van der Waals surface area contributed by atoms with Crippen molar-refractivity contribution >= 4 is 39.4 Å². The molecule has 4 aromatic rings. The quantitative estimate of drug-likeness (QED) is 0.420. The fraction of sp³-hybridized carbons (Fsp3) is 0.368. The van der Waals surface area contributed by atoms with Gasteiger partial charge in [-0.3, -0.25) is 13.8 Å². The number of aromatic nitrogens is 5. The van der Waals surface area contributed by atoms with Gasteiger partial charge in [-0.2, -0.15) is 0 Å². The number of nitrogens with zero attached hydrogens (tertiary/aromatic N) is 5. The van der Waals surface area contributed by atoms with Crippen LogP contribution in [-0.2, 0) is 17.0 Å². The van der Waals surface area contributed by atoms with Gasteiger partial charge in [-0.15, -0.1) is 32.9 Å². The number of fused-ring (bicyclic) bond motifs is 1. The van der Waals surface area contributed by atoms with Gasteiger partial charge in [0.15, 0.2) is 15.9 Å². The summed E-state index contributed by atoms with van der Waals surface area (Å²) in [6, 6.07) is 3.74. The van der Waals surface area contributed by atoms with Crippen LogP contribution < -0.4 is 5.56 Å². The molecular weight excluding hydrogens is 426 g/mol. The lowest BCUT2D eigenvalue weighted by Crippen LogP contribution is -2.16. The van der Waals surface area contributed by atoms with Crippen LogP contribution in [-0.4, -0.2) is 36.9 Å². The van der Waals surface area contributed by atoms with E-state index in [1.165, 1.54) is 16.2 Å². The first-order valence-corrected chi connectivity index (χ1v) is 12.1. The number of thiophene rings is 1. The lowest BCUT2D eigenvalue weighted by atomic mass is 10.2. The number of hydrogen-bond donors (Lipinski definition) is 0. The molecule has 1 aliphatic heterocycles. The number of rotatable bonds is 6. The zero-order valence-electron chi connectivity index (χ0n) is 15.8. The fourth-order valence-electron chi connectivity index (χ4n) is 3.43. The monoisotopic (exact) mass is 445 g/mol. The molecule has 7 nitrogen and oxygen atoms in total. The first kappa shape index (κ1) is 19.0. The summed E-state index contributed by atoms with van der Waals surface area (Å²) in [7, 11) is 0. The van der Waals surface area contributed by atoms with E-state index >= 15 is 0 Å². The molecule has 1 atom stereocenters. The van der Waals surface area contributed by atoms with Crippen molar-refractivity contribution in [3.05, 3.63) is 50.0 Å². The maximum absolute atomic E-state index is 12.2. The maximum Gasteiger partial charge on any atom is 0.258 e. The molecule has 0 amide bonds. The Morgan fingerprint density at radius 2 is 2.24 bits per heavy atom. The third-order valence-corrected chi connectivity index (χ3v) is 7.44. The Hall–Kier alpha value is -2.01. The van der Waals surface area contributed by atoms with Crippen LogP contribution in [0.15, 0.2) is 39.0 Å². The molecule has 1 saturated heterocycles. The van der Waals surface area contributed by atoms with Crippen molar-refractivity contribution in [1.29, 1.82) is 0 Å². The van der Waals surface area contributed by atoms with E-state index in [1.807, 2.05) is 5.38 Å². The van der Waals surface area contributed by atoms with Crippen LogP contribution in [0.1, 0.15) is 23.4 Å². The van der Waals surface area contributed by atoms with Crippen molar-refractivity contribution < 1.29 is 4.74 Å². The largest absolute Gasteiger partial charge is 0.376 e. The SMILES string of the molecule is Cc1cc(-c2nnc(SCc3cc(=O)n4ccsc4n3)n2CC2CCCO2)cs1. The number of thiazole rings is 1. The molecule has 0 saturated carbocycles. The van der Waals surface area contributed by atoms with Gasteiger partial charge >= 0.3 is 0 Å². The van der Waals surface area contributed by atoms with Gasteiger partial charge in [0.2, 0.25) is 0 Å². The molecule has 0 radical (unpaired) electrons. The molecule has 5 heterocycles. The van der Waals surface area contributed by atoms with Gasteiger partial charge in [-0.1, -0.05) is 11.8 Å². The van der Waals surface area contributed by atoms with Gasteiger partial charge in [0, 0.05) is 45.8 Å². The molecule has 1 aliphatic rings. The van der Waals surface area contributed by atoms with Crippen molar-refractivity contribution in [2.24, 2.45) is 0 Å². The van der Waals surface area contributed by atoms with E-state index in [2.05, 4.69) is 38.1 Å². The molecule has 5 rings (SSSR count). The second-order valence-electron chi connectivity index (χ2n) is 6.93. The van der Waals surface area contributed by atoms with Crippen molar-refractivity contribution in [3.8, 4) is 11.4 Å². The van der Waals surface area contributed by atoms with Gasteiger partial charge in [-0.05, 0) is 25.8 Å². The van der Waals surface area contributed by atoms with Crippen LogP contribution in [0.4, 0.5) is 0 Å². The molecule has 0 N–H and O–H groups in total. The van der Waals surface area contributed by atoms with E-state index in [-0.39, 0.29) is 11.7 Å². The smallest absolute Gasteiger partial charge is 0.258 e. The molecule has 0 aliphatic carbocycles. The Morgan fingerprint density at radius 1 is 1.31 bits per heavy atom. The van der Waals surface area contributed by atoms with Gasteiger partial charge in [0.1, 0.15) is 0 Å². The number of hydrogen-bond acceptors (Lipinski definition) is 8. The Labute approximate surface area is 179 Å². The van der Waals surface area contributed by atoms with E-state index in [4.69, 9.17) is 4.74 Å². The van der Waals surface area contributed by atoms with E-state index in [9.17, 15) is 4.79 Å². The molecule has 0 aromatic carbocycles. The third kappa shape index (κ3) is 3.89. The summed E-state index contributed by atoms with van der Waals surface area (Å²) in [5.74, 6) is 1.43. The highest BCUT2D eigenvalue weighted by Crippen LogP contribution is 2.30. The predicted octanol–water partition coefficient (Wildman–Crippen LogP) is 3.86. The number of aryl methyl sites for hydroxylation is 1. The van der Waals surface area contributed by atoms with E-state index < -0.39 is 0 Å². The summed E-state index contributed by atoms with van der Waals surface area (Å²) < 4.78 is 9.57. The molecule has 1 unspecified atom stereocenters. The minimum absolute atomic E-state index is 0.0536. The summed E-state index contributed by atoms with van der Waals surface area (Å²) in [4.78, 5) is 18.8. The highest BCUT2D eigenvalue weighted by molar-refractivity contribution is 7.98. The minimum Gasteiger partial charge on any atom is -0.376 e. The van der Waals surface area contributed by atoms with Crippen molar-refractivity contribution in [2.45, 2.75) is 43.3 Å². The first-order chi connectivity index (χ1) is 14.2. The summed E-state index contributed by atoms with van der Waals surface area (Å²) in [6.45, 7) is 3.64. The fourth-order valence-corrected chi connectivity index (χ4v) is 5.69. The zero-order chi connectivity index (χ0) is 19.8. The van der Waals surface area contributed by atoms with Crippen LogP contribution >= 0.6 is 34.4 Å². The Bertz CT molecular complexity index is 1200. The highest BCUT2D eigenvalue weighted by Gasteiger charge is 2.22. The molecule has 1 fully saturated rings. The van der Waals surface area contributed by atoms with Crippen LogP contribution in [0.2, 0.25) is 0 Å². The zero-order valence-corrected chi connectivity index (χ0v) is 18.2. The van der Waals surface area contributed by atoms with Gasteiger partial charge in [0.25, 0.3) is 5.56 Å². The number of thioether (sulfide) groups is 1. The number of ether oxygens (including phenoxy) is 1. The third-order valence-electron chi connectivity index (χ3n) is 4.82. The van der Waals surface area contributed by atoms with Gasteiger partial charge in [-0.25, -0.2) is 4.98 Å². The first-order valence-electron chi connectivity index (χ1n) is 9.36. The molecule has 0 spiro atoms. The molecule has 10 heteroatoms. The van der Waals surface area contributed by atoms with Crippen molar-refractivity contribution in [1.82, 2.24) is 24.1 Å². The second kappa shape index (κ2) is 8.02. The second-order valence-corrected chi connectivity index (χ2v) is 9.86. The van der Waals surface area contributed by atoms with Crippen molar-refractivity contribution in [2.75, 3.05) is 6.61 Å². The maximum atomic E-state index is 12.2. The summed E-state index contributed by atoms with van der Waals surface area (Å²) in [6.07, 6.45) is 4.09. The van der Waals surface area contributed by atoms with Crippen LogP contribution in [0, 0.1) is 6.92 Å². The average Bonchev–Trinajstić information content (AvgIpc) is 3.48. The van der Waals surface area contributed by atoms with Gasteiger partial charge < -0.3 is 4.74 Å². The summed E-state index contributed by atoms with van der Waals surface area (Å²) in [5, 5.41) is 13.7. The lowest BCUT2D eigenvalue weighted by Gasteiger charge is -2.14. The van der Waals surface area contributed by atoms with Crippen molar-refractivity contribution in [3.63, 3.8) is 0 Å². The summed E-state index contributed by atoms with van der Waals surface area (Å²) in [5.41, 5.74) is 1.78. The Balaban J connectivity index is 1.43. The minimum atomic E-state index is -0.0536. The Morgan fingerprint density at radius 3 is 3.03 bits per heavy atom. The molecule has 150 valence electrons.